The largest absolute Gasteiger partial charge is 0.383 e. The molecule has 150 valence electrons. The van der Waals surface area contributed by atoms with Crippen molar-refractivity contribution in [3.63, 3.8) is 0 Å². The minimum absolute atomic E-state index is 0.0977. The van der Waals surface area contributed by atoms with E-state index in [0.717, 1.165) is 36.0 Å². The van der Waals surface area contributed by atoms with E-state index in [-0.39, 0.29) is 11.9 Å². The molecule has 4 rings (SSSR count). The second-order valence-corrected chi connectivity index (χ2v) is 7.49. The first kappa shape index (κ1) is 18.9. The van der Waals surface area contributed by atoms with Crippen molar-refractivity contribution < 1.29 is 14.4 Å². The summed E-state index contributed by atoms with van der Waals surface area (Å²) in [4.78, 5) is 43.1. The van der Waals surface area contributed by atoms with Gasteiger partial charge in [-0.3, -0.25) is 14.4 Å². The van der Waals surface area contributed by atoms with Crippen LogP contribution in [-0.4, -0.2) is 34.2 Å². The van der Waals surface area contributed by atoms with Gasteiger partial charge in [-0.15, -0.1) is 0 Å². The van der Waals surface area contributed by atoms with E-state index in [4.69, 9.17) is 5.73 Å². The zero-order valence-electron chi connectivity index (χ0n) is 16.2. The van der Waals surface area contributed by atoms with Gasteiger partial charge in [0, 0.05) is 18.7 Å². The van der Waals surface area contributed by atoms with Gasteiger partial charge in [-0.1, -0.05) is 12.1 Å². The summed E-state index contributed by atoms with van der Waals surface area (Å²) in [6, 6.07) is 7.16. The van der Waals surface area contributed by atoms with E-state index in [1.54, 1.807) is 17.9 Å². The van der Waals surface area contributed by atoms with Crippen LogP contribution in [0.3, 0.4) is 0 Å². The molecule has 1 aromatic heterocycles. The van der Waals surface area contributed by atoms with Crippen LogP contribution in [0.25, 0.3) is 0 Å². The quantitative estimate of drug-likeness (QED) is 0.674. The Morgan fingerprint density at radius 2 is 2.10 bits per heavy atom. The number of aryl methyl sites for hydroxylation is 1. The molecule has 2 aliphatic rings. The molecule has 0 unspecified atom stereocenters. The Hall–Kier alpha value is -3.42. The summed E-state index contributed by atoms with van der Waals surface area (Å²) in [5, 5.41) is 5.42. The molecule has 8 nitrogen and oxygen atoms in total. The standard InChI is InChI=1S/C21H23N5O3/c1-12-8-15(11-23-18(12)22)25-20(28)21(29)26-7-3-2-4-17(26)13-5-6-14-10-24-19(27)16(14)9-13/h5-6,8-9,11,17H,2-4,7,10H2,1H3,(H2,22,23)(H,24,27)(H,25,28)/t17-/m0/s1. The average Bonchev–Trinajstić information content (AvgIpc) is 3.10. The van der Waals surface area contributed by atoms with Crippen LogP contribution in [0.4, 0.5) is 11.5 Å². The Kier molecular flexibility index (Phi) is 4.92. The Bertz CT molecular complexity index is 1000. The zero-order chi connectivity index (χ0) is 20.5. The molecule has 1 saturated heterocycles. The third kappa shape index (κ3) is 3.65. The number of hydrogen-bond acceptors (Lipinski definition) is 5. The minimum atomic E-state index is -0.707. The van der Waals surface area contributed by atoms with Gasteiger partial charge < -0.3 is 21.3 Å². The van der Waals surface area contributed by atoms with Gasteiger partial charge in [0.05, 0.1) is 17.9 Å². The Labute approximate surface area is 168 Å². The molecule has 2 aliphatic heterocycles. The van der Waals surface area contributed by atoms with Crippen molar-refractivity contribution in [1.29, 1.82) is 0 Å². The Morgan fingerprint density at radius 1 is 1.28 bits per heavy atom. The fourth-order valence-electron chi connectivity index (χ4n) is 3.93. The Balaban J connectivity index is 1.54. The van der Waals surface area contributed by atoms with Crippen molar-refractivity contribution in [3.05, 3.63) is 52.7 Å². The smallest absolute Gasteiger partial charge is 0.313 e. The van der Waals surface area contributed by atoms with Gasteiger partial charge in [0.25, 0.3) is 5.91 Å². The number of hydrogen-bond donors (Lipinski definition) is 3. The summed E-state index contributed by atoms with van der Waals surface area (Å²) in [5.41, 5.74) is 9.34. The fraction of sp³-hybridized carbons (Fsp3) is 0.333. The summed E-state index contributed by atoms with van der Waals surface area (Å²) in [6.45, 7) is 2.81. The molecule has 1 atom stereocenters. The van der Waals surface area contributed by atoms with Crippen LogP contribution in [0.1, 0.15) is 52.4 Å². The monoisotopic (exact) mass is 393 g/mol. The number of likely N-dealkylation sites (tertiary alicyclic amines) is 1. The van der Waals surface area contributed by atoms with Gasteiger partial charge in [-0.05, 0) is 55.0 Å². The summed E-state index contributed by atoms with van der Waals surface area (Å²) < 4.78 is 0. The molecule has 3 amide bonds. The first-order valence-electron chi connectivity index (χ1n) is 9.69. The lowest BCUT2D eigenvalue weighted by atomic mass is 9.93. The first-order valence-corrected chi connectivity index (χ1v) is 9.69. The normalized spacial score (nSPS) is 18.2. The van der Waals surface area contributed by atoms with Crippen LogP contribution in [-0.2, 0) is 16.1 Å². The number of nitrogens with zero attached hydrogens (tertiary/aromatic N) is 2. The summed E-state index contributed by atoms with van der Waals surface area (Å²) >= 11 is 0. The number of nitrogens with two attached hydrogens (primary N) is 1. The predicted molar refractivity (Wildman–Crippen MR) is 108 cm³/mol. The molecule has 2 aromatic rings. The van der Waals surface area contributed by atoms with Gasteiger partial charge in [0.1, 0.15) is 5.82 Å². The van der Waals surface area contributed by atoms with Crippen LogP contribution in [0, 0.1) is 6.92 Å². The number of pyridine rings is 1. The first-order chi connectivity index (χ1) is 13.9. The highest BCUT2D eigenvalue weighted by molar-refractivity contribution is 6.39. The van der Waals surface area contributed by atoms with Crippen molar-refractivity contribution >= 4 is 29.2 Å². The lowest BCUT2D eigenvalue weighted by Crippen LogP contribution is -2.44. The van der Waals surface area contributed by atoms with E-state index < -0.39 is 11.8 Å². The number of carbonyl (C=O) groups is 3. The third-order valence-corrected chi connectivity index (χ3v) is 5.54. The maximum atomic E-state index is 12.9. The zero-order valence-corrected chi connectivity index (χ0v) is 16.2. The number of nitrogens with one attached hydrogen (secondary N) is 2. The summed E-state index contributed by atoms with van der Waals surface area (Å²) in [7, 11) is 0. The highest BCUT2D eigenvalue weighted by Crippen LogP contribution is 2.33. The number of carbonyl (C=O) groups excluding carboxylic acids is 3. The summed E-state index contributed by atoms with van der Waals surface area (Å²) in [5.74, 6) is -1.01. The molecule has 1 aromatic carbocycles. The number of benzene rings is 1. The highest BCUT2D eigenvalue weighted by atomic mass is 16.2. The van der Waals surface area contributed by atoms with Gasteiger partial charge >= 0.3 is 11.8 Å². The SMILES string of the molecule is Cc1cc(NC(=O)C(=O)N2CCCC[C@H]2c2ccc3c(c2)C(=O)NC3)cnc1N. The average molecular weight is 393 g/mol. The molecular formula is C21H23N5O3. The van der Waals surface area contributed by atoms with E-state index in [0.29, 0.717) is 30.2 Å². The van der Waals surface area contributed by atoms with Crippen LogP contribution in [0.2, 0.25) is 0 Å². The van der Waals surface area contributed by atoms with Crippen LogP contribution < -0.4 is 16.4 Å². The van der Waals surface area contributed by atoms with Crippen molar-refractivity contribution in [1.82, 2.24) is 15.2 Å². The highest BCUT2D eigenvalue weighted by Gasteiger charge is 2.33. The van der Waals surface area contributed by atoms with Gasteiger partial charge in [0.15, 0.2) is 0 Å². The molecule has 0 saturated carbocycles. The van der Waals surface area contributed by atoms with Crippen molar-refractivity contribution in [2.75, 3.05) is 17.6 Å². The van der Waals surface area contributed by atoms with Crippen LogP contribution in [0.15, 0.2) is 30.5 Å². The molecule has 0 spiro atoms. The molecule has 0 radical (unpaired) electrons. The molecule has 4 N–H and O–H groups in total. The third-order valence-electron chi connectivity index (χ3n) is 5.54. The van der Waals surface area contributed by atoms with Gasteiger partial charge in [-0.2, -0.15) is 0 Å². The van der Waals surface area contributed by atoms with Gasteiger partial charge in [-0.25, -0.2) is 4.98 Å². The lowest BCUT2D eigenvalue weighted by Gasteiger charge is -2.35. The predicted octanol–water partition coefficient (Wildman–Crippen LogP) is 1.91. The van der Waals surface area contributed by atoms with Crippen molar-refractivity contribution in [2.45, 2.75) is 38.8 Å². The van der Waals surface area contributed by atoms with E-state index >= 15 is 0 Å². The van der Waals surface area contributed by atoms with Crippen molar-refractivity contribution in [2.24, 2.45) is 0 Å². The van der Waals surface area contributed by atoms with E-state index in [2.05, 4.69) is 15.6 Å². The fourth-order valence-corrected chi connectivity index (χ4v) is 3.93. The molecule has 0 bridgehead atoms. The molecule has 8 heteroatoms. The number of anilines is 2. The van der Waals surface area contributed by atoms with E-state index in [1.165, 1.54) is 6.20 Å². The van der Waals surface area contributed by atoms with Crippen LogP contribution >= 0.6 is 0 Å². The van der Waals surface area contributed by atoms with Crippen LogP contribution in [0.5, 0.6) is 0 Å². The lowest BCUT2D eigenvalue weighted by molar-refractivity contribution is -0.145. The summed E-state index contributed by atoms with van der Waals surface area (Å²) in [6.07, 6.45) is 3.98. The maximum absolute atomic E-state index is 12.9. The molecule has 3 heterocycles. The number of aromatic nitrogens is 1. The number of nitrogen functional groups attached to an aromatic ring is 1. The second-order valence-electron chi connectivity index (χ2n) is 7.49. The minimum Gasteiger partial charge on any atom is -0.383 e. The maximum Gasteiger partial charge on any atom is 0.313 e. The Morgan fingerprint density at radius 3 is 2.90 bits per heavy atom. The van der Waals surface area contributed by atoms with E-state index in [1.807, 2.05) is 18.2 Å². The van der Waals surface area contributed by atoms with Crippen molar-refractivity contribution in [3.8, 4) is 0 Å². The number of amides is 3. The second kappa shape index (κ2) is 7.54. The topological polar surface area (TPSA) is 117 Å². The van der Waals surface area contributed by atoms with E-state index in [9.17, 15) is 14.4 Å². The molecule has 1 fully saturated rings. The number of piperidine rings is 1. The number of rotatable bonds is 2. The number of fused-ring (bicyclic) bond motifs is 1. The molecule has 0 aliphatic carbocycles. The van der Waals surface area contributed by atoms with Gasteiger partial charge in [0.2, 0.25) is 0 Å². The molecule has 29 heavy (non-hydrogen) atoms. The molecular weight excluding hydrogens is 370 g/mol.